The molecule has 0 amide bonds. The Labute approximate surface area is 119 Å². The number of hydrogen-bond acceptors (Lipinski definition) is 3. The molecule has 0 aromatic heterocycles. The third-order valence-electron chi connectivity index (χ3n) is 2.98. The lowest BCUT2D eigenvalue weighted by atomic mass is 9.99. The molecule has 20 heavy (non-hydrogen) atoms. The summed E-state index contributed by atoms with van der Waals surface area (Å²) in [6.07, 6.45) is -4.60. The zero-order valence-electron chi connectivity index (χ0n) is 10.7. The first-order valence-electron chi connectivity index (χ1n) is 5.73. The van der Waals surface area contributed by atoms with Gasteiger partial charge in [0, 0.05) is 22.7 Å². The van der Waals surface area contributed by atoms with Gasteiger partial charge in [0.15, 0.2) is 5.25 Å². The van der Waals surface area contributed by atoms with Crippen molar-refractivity contribution in [2.75, 3.05) is 0 Å². The van der Waals surface area contributed by atoms with Crippen LogP contribution < -0.4 is 4.74 Å². The first kappa shape index (κ1) is 15.4. The molecule has 1 unspecified atom stereocenters. The highest BCUT2D eigenvalue weighted by Crippen LogP contribution is 2.48. The highest BCUT2D eigenvalue weighted by molar-refractivity contribution is 8.14. The van der Waals surface area contributed by atoms with Crippen molar-refractivity contribution in [2.24, 2.45) is 0 Å². The lowest BCUT2D eigenvalue weighted by Gasteiger charge is -2.22. The summed E-state index contributed by atoms with van der Waals surface area (Å²) in [6, 6.07) is 4.07. The summed E-state index contributed by atoms with van der Waals surface area (Å²) >= 11 is 0. The average Bonchev–Trinajstić information content (AvgIpc) is 2.48. The standard InChI is InChI=1S/C12H12ClF3O3S/c1-11(2)6-7-4-3-5-8(9(7)19-11)10(12(14,15)16)20(13,17)18/h3-5,10H,6H2,1-2H3. The maximum Gasteiger partial charge on any atom is 0.410 e. The van der Waals surface area contributed by atoms with Gasteiger partial charge in [-0.1, -0.05) is 18.2 Å². The highest BCUT2D eigenvalue weighted by atomic mass is 35.7. The molecule has 0 spiro atoms. The van der Waals surface area contributed by atoms with Crippen LogP contribution >= 0.6 is 10.7 Å². The summed E-state index contributed by atoms with van der Waals surface area (Å²) in [6.45, 7) is 3.43. The number of para-hydroxylation sites is 1. The van der Waals surface area contributed by atoms with Crippen LogP contribution in [0.2, 0.25) is 0 Å². The van der Waals surface area contributed by atoms with Crippen molar-refractivity contribution in [3.05, 3.63) is 29.3 Å². The molecule has 1 aromatic carbocycles. The molecular weight excluding hydrogens is 317 g/mol. The van der Waals surface area contributed by atoms with Crippen LogP contribution in [-0.2, 0) is 15.5 Å². The number of fused-ring (bicyclic) bond motifs is 1. The summed E-state index contributed by atoms with van der Waals surface area (Å²) < 4.78 is 67.3. The van der Waals surface area contributed by atoms with Crippen LogP contribution in [0.3, 0.4) is 0 Å². The Morgan fingerprint density at radius 1 is 1.35 bits per heavy atom. The number of hydrogen-bond donors (Lipinski definition) is 0. The Hall–Kier alpha value is -0.950. The third kappa shape index (κ3) is 2.88. The fourth-order valence-electron chi connectivity index (χ4n) is 2.33. The Morgan fingerprint density at radius 2 is 1.95 bits per heavy atom. The van der Waals surface area contributed by atoms with Crippen molar-refractivity contribution >= 4 is 19.7 Å². The third-order valence-corrected chi connectivity index (χ3v) is 4.60. The van der Waals surface area contributed by atoms with E-state index < -0.39 is 31.6 Å². The molecule has 112 valence electrons. The van der Waals surface area contributed by atoms with Crippen LogP contribution in [-0.4, -0.2) is 20.2 Å². The molecule has 1 heterocycles. The Balaban J connectivity index is 2.62. The molecule has 0 saturated heterocycles. The van der Waals surface area contributed by atoms with Gasteiger partial charge in [-0.2, -0.15) is 13.2 Å². The fourth-order valence-corrected chi connectivity index (χ4v) is 3.73. The van der Waals surface area contributed by atoms with Gasteiger partial charge in [-0.3, -0.25) is 0 Å². The van der Waals surface area contributed by atoms with Gasteiger partial charge in [0.2, 0.25) is 9.05 Å². The minimum absolute atomic E-state index is 0.0379. The first-order valence-corrected chi connectivity index (χ1v) is 8.10. The molecule has 1 atom stereocenters. The quantitative estimate of drug-likeness (QED) is 0.779. The fraction of sp³-hybridized carbons (Fsp3) is 0.500. The van der Waals surface area contributed by atoms with E-state index in [1.54, 1.807) is 19.9 Å². The van der Waals surface area contributed by atoms with Gasteiger partial charge in [-0.05, 0) is 19.4 Å². The van der Waals surface area contributed by atoms with E-state index in [-0.39, 0.29) is 5.75 Å². The van der Waals surface area contributed by atoms with E-state index in [4.69, 9.17) is 15.4 Å². The Bertz CT molecular complexity index is 638. The van der Waals surface area contributed by atoms with Crippen LogP contribution in [0.15, 0.2) is 18.2 Å². The largest absolute Gasteiger partial charge is 0.487 e. The van der Waals surface area contributed by atoms with Crippen molar-refractivity contribution < 1.29 is 26.3 Å². The summed E-state index contributed by atoms with van der Waals surface area (Å²) in [5, 5.41) is -2.79. The van der Waals surface area contributed by atoms with Crippen molar-refractivity contribution in [3.8, 4) is 5.75 Å². The lowest BCUT2D eigenvalue weighted by molar-refractivity contribution is -0.131. The zero-order valence-corrected chi connectivity index (χ0v) is 12.2. The van der Waals surface area contributed by atoms with Crippen LogP contribution in [0.1, 0.15) is 30.2 Å². The molecule has 0 saturated carbocycles. The maximum absolute atomic E-state index is 13.0. The Kier molecular flexibility index (Phi) is 3.49. The van der Waals surface area contributed by atoms with Crippen LogP contribution in [0.5, 0.6) is 5.75 Å². The normalized spacial score (nSPS) is 19.3. The summed E-state index contributed by atoms with van der Waals surface area (Å²) in [5.74, 6) is -0.0379. The maximum atomic E-state index is 13.0. The minimum Gasteiger partial charge on any atom is -0.487 e. The van der Waals surface area contributed by atoms with Crippen LogP contribution in [0, 0.1) is 0 Å². The van der Waals surface area contributed by atoms with Crippen LogP contribution in [0.4, 0.5) is 13.2 Å². The van der Waals surface area contributed by atoms with Crippen molar-refractivity contribution in [3.63, 3.8) is 0 Å². The molecule has 8 heteroatoms. The van der Waals surface area contributed by atoms with Gasteiger partial charge >= 0.3 is 6.18 Å². The lowest BCUT2D eigenvalue weighted by Crippen LogP contribution is -2.28. The van der Waals surface area contributed by atoms with Crippen LogP contribution in [0.25, 0.3) is 0 Å². The number of halogens is 4. The van der Waals surface area contributed by atoms with Crippen molar-refractivity contribution in [1.29, 1.82) is 0 Å². The predicted molar refractivity (Wildman–Crippen MR) is 68.4 cm³/mol. The molecule has 1 aliphatic heterocycles. The molecule has 1 aliphatic rings. The summed E-state index contributed by atoms with van der Waals surface area (Å²) in [7, 11) is 0.120. The molecule has 2 rings (SSSR count). The SMILES string of the molecule is CC1(C)Cc2cccc(C(C(F)(F)F)S(=O)(=O)Cl)c2O1. The van der Waals surface area contributed by atoms with Crippen molar-refractivity contribution in [2.45, 2.75) is 37.3 Å². The second kappa shape index (κ2) is 4.53. The number of benzene rings is 1. The minimum atomic E-state index is -5.01. The Morgan fingerprint density at radius 3 is 2.45 bits per heavy atom. The van der Waals surface area contributed by atoms with Gasteiger partial charge in [-0.25, -0.2) is 8.42 Å². The molecular formula is C12H12ClF3O3S. The second-order valence-corrected chi connectivity index (χ2v) is 7.98. The molecule has 0 bridgehead atoms. The monoisotopic (exact) mass is 328 g/mol. The second-order valence-electron chi connectivity index (χ2n) is 5.27. The van der Waals surface area contributed by atoms with E-state index in [1.807, 2.05) is 0 Å². The number of ether oxygens (including phenoxy) is 1. The molecule has 3 nitrogen and oxygen atoms in total. The molecule has 1 aromatic rings. The summed E-state index contributed by atoms with van der Waals surface area (Å²) in [4.78, 5) is 0. The number of alkyl halides is 3. The smallest absolute Gasteiger partial charge is 0.410 e. The molecule has 0 fully saturated rings. The van der Waals surface area contributed by atoms with Crippen molar-refractivity contribution in [1.82, 2.24) is 0 Å². The van der Waals surface area contributed by atoms with E-state index in [9.17, 15) is 21.6 Å². The van der Waals surface area contributed by atoms with E-state index in [1.165, 1.54) is 6.07 Å². The summed E-state index contributed by atoms with van der Waals surface area (Å²) in [5.41, 5.74) is -0.595. The molecule has 0 aliphatic carbocycles. The van der Waals surface area contributed by atoms with Gasteiger partial charge in [-0.15, -0.1) is 0 Å². The molecule has 0 radical (unpaired) electrons. The topological polar surface area (TPSA) is 43.4 Å². The van der Waals surface area contributed by atoms with Gasteiger partial charge < -0.3 is 4.74 Å². The zero-order chi connectivity index (χ0) is 15.3. The first-order chi connectivity index (χ1) is 8.92. The van der Waals surface area contributed by atoms with E-state index >= 15 is 0 Å². The van der Waals surface area contributed by atoms with Gasteiger partial charge in [0.1, 0.15) is 11.4 Å². The van der Waals surface area contributed by atoms with E-state index in [0.29, 0.717) is 12.0 Å². The number of rotatable bonds is 2. The average molecular weight is 329 g/mol. The van der Waals surface area contributed by atoms with Gasteiger partial charge in [0.05, 0.1) is 0 Å². The molecule has 0 N–H and O–H groups in total. The van der Waals surface area contributed by atoms with Gasteiger partial charge in [0.25, 0.3) is 0 Å². The highest BCUT2D eigenvalue weighted by Gasteiger charge is 2.51. The predicted octanol–water partition coefficient (Wildman–Crippen LogP) is 3.57. The van der Waals surface area contributed by atoms with E-state index in [0.717, 1.165) is 6.07 Å². The van der Waals surface area contributed by atoms with E-state index in [2.05, 4.69) is 0 Å².